The number of carbonyl (C=O) groups excluding carboxylic acids is 1. The number of amides is 1. The van der Waals surface area contributed by atoms with Crippen molar-refractivity contribution < 1.29 is 9.21 Å². The van der Waals surface area contributed by atoms with Gasteiger partial charge in [0.1, 0.15) is 17.1 Å². The molecule has 5 nitrogen and oxygen atoms in total. The fourth-order valence-electron chi connectivity index (χ4n) is 4.60. The average Bonchev–Trinajstić information content (AvgIpc) is 3.61. The highest BCUT2D eigenvalue weighted by Gasteiger charge is 2.34. The first kappa shape index (κ1) is 23.2. The van der Waals surface area contributed by atoms with Crippen LogP contribution in [-0.4, -0.2) is 10.5 Å². The molecule has 35 heavy (non-hydrogen) atoms. The molecule has 4 aromatic rings. The van der Waals surface area contributed by atoms with Crippen molar-refractivity contribution in [3.05, 3.63) is 128 Å². The lowest BCUT2D eigenvalue weighted by Gasteiger charge is -2.23. The molecule has 0 aliphatic heterocycles. The monoisotopic (exact) mass is 486 g/mol. The van der Waals surface area contributed by atoms with Gasteiger partial charge in [-0.3, -0.25) is 9.59 Å². The predicted octanol–water partition coefficient (Wildman–Crippen LogP) is 6.16. The number of hydrogen-bond donors (Lipinski definition) is 1. The van der Waals surface area contributed by atoms with Crippen molar-refractivity contribution in [2.45, 2.75) is 45.2 Å². The minimum Gasteiger partial charge on any atom is -0.464 e. The van der Waals surface area contributed by atoms with Crippen LogP contribution in [0.4, 0.5) is 0 Å². The SMILES string of the molecule is Cc1ccc(Cn2c(C)cc(=O)c(C(=O)NC(c3ccccc3)c3ccc(Cl)cc3)c2C2CC2)o1. The van der Waals surface area contributed by atoms with Crippen LogP contribution in [0.1, 0.15) is 69.2 Å². The summed E-state index contributed by atoms with van der Waals surface area (Å²) in [6.45, 7) is 4.29. The van der Waals surface area contributed by atoms with Gasteiger partial charge in [-0.2, -0.15) is 0 Å². The summed E-state index contributed by atoms with van der Waals surface area (Å²) < 4.78 is 7.87. The van der Waals surface area contributed by atoms with Crippen molar-refractivity contribution in [1.29, 1.82) is 0 Å². The molecule has 5 rings (SSSR count). The lowest BCUT2D eigenvalue weighted by atomic mass is 9.97. The Morgan fingerprint density at radius 1 is 1.03 bits per heavy atom. The van der Waals surface area contributed by atoms with E-state index in [1.807, 2.05) is 68.4 Å². The molecule has 178 valence electrons. The Morgan fingerprint density at radius 3 is 2.34 bits per heavy atom. The summed E-state index contributed by atoms with van der Waals surface area (Å²) in [7, 11) is 0. The van der Waals surface area contributed by atoms with Crippen LogP contribution in [0.2, 0.25) is 5.02 Å². The zero-order valence-electron chi connectivity index (χ0n) is 19.8. The molecule has 2 heterocycles. The second kappa shape index (κ2) is 9.59. The maximum absolute atomic E-state index is 13.8. The van der Waals surface area contributed by atoms with Crippen molar-refractivity contribution in [3.8, 4) is 0 Å². The van der Waals surface area contributed by atoms with Crippen LogP contribution in [0.15, 0.2) is 82.0 Å². The van der Waals surface area contributed by atoms with E-state index in [1.54, 1.807) is 18.2 Å². The first-order chi connectivity index (χ1) is 16.9. The lowest BCUT2D eigenvalue weighted by Crippen LogP contribution is -2.35. The zero-order valence-corrected chi connectivity index (χ0v) is 20.5. The molecule has 0 spiro atoms. The van der Waals surface area contributed by atoms with Crippen LogP contribution in [0.25, 0.3) is 0 Å². The third kappa shape index (κ3) is 4.96. The number of hydrogen-bond acceptors (Lipinski definition) is 3. The fraction of sp³-hybridized carbons (Fsp3) is 0.241. The van der Waals surface area contributed by atoms with Gasteiger partial charge < -0.3 is 14.3 Å². The molecule has 6 heteroatoms. The number of aromatic nitrogens is 1. The van der Waals surface area contributed by atoms with Crippen molar-refractivity contribution in [1.82, 2.24) is 9.88 Å². The van der Waals surface area contributed by atoms with Gasteiger partial charge in [-0.15, -0.1) is 0 Å². The van der Waals surface area contributed by atoms with Crippen LogP contribution in [0.5, 0.6) is 0 Å². The Hall–Kier alpha value is -3.57. The number of pyridine rings is 1. The quantitative estimate of drug-likeness (QED) is 0.340. The highest BCUT2D eigenvalue weighted by molar-refractivity contribution is 6.30. The number of benzene rings is 2. The molecule has 2 aromatic heterocycles. The summed E-state index contributed by atoms with van der Waals surface area (Å²) >= 11 is 6.11. The van der Waals surface area contributed by atoms with Gasteiger partial charge in [-0.05, 0) is 62.1 Å². The Kier molecular flexibility index (Phi) is 6.35. The van der Waals surface area contributed by atoms with E-state index in [0.717, 1.165) is 46.9 Å². The second-order valence-corrected chi connectivity index (χ2v) is 9.59. The van der Waals surface area contributed by atoms with E-state index < -0.39 is 6.04 Å². The Labute approximate surface area is 209 Å². The molecule has 1 aliphatic carbocycles. The van der Waals surface area contributed by atoms with Gasteiger partial charge in [-0.1, -0.05) is 54.1 Å². The summed E-state index contributed by atoms with van der Waals surface area (Å²) in [5, 5.41) is 3.77. The smallest absolute Gasteiger partial charge is 0.257 e. The molecule has 0 radical (unpaired) electrons. The molecule has 1 aliphatic rings. The Bertz CT molecular complexity index is 1420. The number of rotatable bonds is 7. The predicted molar refractivity (Wildman–Crippen MR) is 137 cm³/mol. The Morgan fingerprint density at radius 2 is 1.71 bits per heavy atom. The van der Waals surface area contributed by atoms with Crippen molar-refractivity contribution in [3.63, 3.8) is 0 Å². The van der Waals surface area contributed by atoms with Gasteiger partial charge in [-0.25, -0.2) is 0 Å². The fourth-order valence-corrected chi connectivity index (χ4v) is 4.73. The van der Waals surface area contributed by atoms with Gasteiger partial charge in [0.2, 0.25) is 0 Å². The molecule has 1 amide bonds. The van der Waals surface area contributed by atoms with Gasteiger partial charge in [0.05, 0.1) is 12.6 Å². The summed E-state index contributed by atoms with van der Waals surface area (Å²) in [5.41, 5.74) is 3.40. The van der Waals surface area contributed by atoms with E-state index in [4.69, 9.17) is 16.0 Å². The molecule has 1 unspecified atom stereocenters. The third-order valence-corrected chi connectivity index (χ3v) is 6.72. The highest BCUT2D eigenvalue weighted by Crippen LogP contribution is 2.42. The van der Waals surface area contributed by atoms with E-state index in [2.05, 4.69) is 9.88 Å². The number of carbonyl (C=O) groups is 1. The van der Waals surface area contributed by atoms with Crippen molar-refractivity contribution in [2.24, 2.45) is 0 Å². The summed E-state index contributed by atoms with van der Waals surface area (Å²) in [6, 6.07) is 22.1. The van der Waals surface area contributed by atoms with Crippen molar-refractivity contribution >= 4 is 17.5 Å². The lowest BCUT2D eigenvalue weighted by molar-refractivity contribution is 0.0939. The van der Waals surface area contributed by atoms with E-state index >= 15 is 0 Å². The van der Waals surface area contributed by atoms with E-state index in [-0.39, 0.29) is 22.8 Å². The van der Waals surface area contributed by atoms with Gasteiger partial charge in [0.25, 0.3) is 5.91 Å². The van der Waals surface area contributed by atoms with E-state index in [0.29, 0.717) is 11.6 Å². The second-order valence-electron chi connectivity index (χ2n) is 9.15. The van der Waals surface area contributed by atoms with E-state index in [9.17, 15) is 9.59 Å². The zero-order chi connectivity index (χ0) is 24.5. The van der Waals surface area contributed by atoms with Gasteiger partial charge in [0, 0.05) is 28.4 Å². The van der Waals surface area contributed by atoms with Crippen LogP contribution < -0.4 is 10.7 Å². The Balaban J connectivity index is 1.56. The number of nitrogens with zero attached hydrogens (tertiary/aromatic N) is 1. The number of furan rings is 1. The summed E-state index contributed by atoms with van der Waals surface area (Å²) in [4.78, 5) is 27.0. The standard InChI is InChI=1S/C29H27ClN2O3/c1-18-16-25(33)26(28(22-9-10-22)32(18)17-24-15-8-19(2)35-24)29(34)31-27(20-6-4-3-5-7-20)21-11-13-23(30)14-12-21/h3-8,11-16,22,27H,9-10,17H2,1-2H3,(H,31,34). The highest BCUT2D eigenvalue weighted by atomic mass is 35.5. The molecule has 0 saturated heterocycles. The minimum absolute atomic E-state index is 0.185. The normalized spacial score (nSPS) is 14.0. The molecular formula is C29H27ClN2O3. The number of halogens is 1. The number of aryl methyl sites for hydroxylation is 2. The first-order valence-electron chi connectivity index (χ1n) is 11.8. The minimum atomic E-state index is -0.421. The maximum atomic E-state index is 13.8. The molecule has 2 aromatic carbocycles. The summed E-state index contributed by atoms with van der Waals surface area (Å²) in [6.07, 6.45) is 1.92. The largest absolute Gasteiger partial charge is 0.464 e. The topological polar surface area (TPSA) is 64.2 Å². The van der Waals surface area contributed by atoms with Crippen LogP contribution in [0, 0.1) is 13.8 Å². The number of nitrogens with one attached hydrogen (secondary N) is 1. The molecule has 0 bridgehead atoms. The third-order valence-electron chi connectivity index (χ3n) is 6.47. The van der Waals surface area contributed by atoms with Crippen molar-refractivity contribution in [2.75, 3.05) is 0 Å². The van der Waals surface area contributed by atoms with Crippen LogP contribution in [0.3, 0.4) is 0 Å². The first-order valence-corrected chi connectivity index (χ1v) is 12.2. The molecule has 1 saturated carbocycles. The summed E-state index contributed by atoms with van der Waals surface area (Å²) in [5.74, 6) is 1.44. The van der Waals surface area contributed by atoms with E-state index in [1.165, 1.54) is 0 Å². The average molecular weight is 487 g/mol. The molecule has 1 fully saturated rings. The molecule has 1 atom stereocenters. The van der Waals surface area contributed by atoms with Gasteiger partial charge in [0.15, 0.2) is 5.43 Å². The van der Waals surface area contributed by atoms with Gasteiger partial charge >= 0.3 is 0 Å². The van der Waals surface area contributed by atoms with Crippen LogP contribution in [-0.2, 0) is 6.54 Å². The molecule has 1 N–H and O–H groups in total. The molecular weight excluding hydrogens is 460 g/mol. The van der Waals surface area contributed by atoms with Crippen LogP contribution >= 0.6 is 11.6 Å². The maximum Gasteiger partial charge on any atom is 0.257 e.